The molecule has 1 aromatic carbocycles. The lowest BCUT2D eigenvalue weighted by molar-refractivity contribution is -0.119. The number of rotatable bonds is 8. The number of aliphatic imine (C=N–C) groups is 1. The van der Waals surface area contributed by atoms with Crippen molar-refractivity contribution in [2.45, 2.75) is 52.1 Å². The average molecular weight is 430 g/mol. The first kappa shape index (κ1) is 23.5. The van der Waals surface area contributed by atoms with E-state index in [1.807, 2.05) is 18.2 Å². The number of anilines is 1. The van der Waals surface area contributed by atoms with E-state index in [4.69, 9.17) is 4.74 Å². The molecular weight excluding hydrogens is 390 g/mol. The Morgan fingerprint density at radius 2 is 1.94 bits per heavy atom. The van der Waals surface area contributed by atoms with Gasteiger partial charge in [-0.05, 0) is 36.5 Å². The van der Waals surface area contributed by atoms with Crippen molar-refractivity contribution in [1.29, 1.82) is 0 Å². The van der Waals surface area contributed by atoms with Crippen molar-refractivity contribution in [3.8, 4) is 0 Å². The minimum absolute atomic E-state index is 0.155. The van der Waals surface area contributed by atoms with Gasteiger partial charge in [0.25, 0.3) is 0 Å². The van der Waals surface area contributed by atoms with Crippen LogP contribution in [0.4, 0.5) is 5.69 Å². The zero-order valence-corrected chi connectivity index (χ0v) is 19.3. The van der Waals surface area contributed by atoms with Crippen molar-refractivity contribution in [3.63, 3.8) is 0 Å². The molecule has 0 radical (unpaired) electrons. The molecule has 1 saturated carbocycles. The van der Waals surface area contributed by atoms with Crippen LogP contribution in [0, 0.1) is 11.8 Å². The van der Waals surface area contributed by atoms with E-state index in [1.54, 1.807) is 7.05 Å². The average Bonchev–Trinajstić information content (AvgIpc) is 3.32. The van der Waals surface area contributed by atoms with Crippen molar-refractivity contribution in [3.05, 3.63) is 29.8 Å². The Balaban J connectivity index is 1.49. The SMILES string of the molecule is CN=C(NCc1cccc(NC(=O)C2CCCC2)c1)NCC(C(C)C)N1CCOCC1. The molecule has 7 heteroatoms. The fourth-order valence-electron chi connectivity index (χ4n) is 4.49. The van der Waals surface area contributed by atoms with E-state index < -0.39 is 0 Å². The van der Waals surface area contributed by atoms with Crippen molar-refractivity contribution < 1.29 is 9.53 Å². The van der Waals surface area contributed by atoms with Crippen LogP contribution < -0.4 is 16.0 Å². The predicted molar refractivity (Wildman–Crippen MR) is 126 cm³/mol. The summed E-state index contributed by atoms with van der Waals surface area (Å²) in [5.74, 6) is 1.66. The Morgan fingerprint density at radius 1 is 1.19 bits per heavy atom. The van der Waals surface area contributed by atoms with E-state index in [9.17, 15) is 4.79 Å². The molecule has 3 N–H and O–H groups in total. The van der Waals surface area contributed by atoms with Gasteiger partial charge in [-0.15, -0.1) is 0 Å². The number of carbonyl (C=O) groups excluding carboxylic acids is 1. The third-order valence-corrected chi connectivity index (χ3v) is 6.37. The lowest BCUT2D eigenvalue weighted by Gasteiger charge is -2.37. The molecule has 31 heavy (non-hydrogen) atoms. The van der Waals surface area contributed by atoms with Gasteiger partial charge in [0.15, 0.2) is 5.96 Å². The van der Waals surface area contributed by atoms with E-state index in [1.165, 1.54) is 0 Å². The number of hydrogen-bond donors (Lipinski definition) is 3. The molecule has 7 nitrogen and oxygen atoms in total. The molecule has 1 heterocycles. The van der Waals surface area contributed by atoms with Crippen molar-refractivity contribution in [1.82, 2.24) is 15.5 Å². The van der Waals surface area contributed by atoms with Gasteiger partial charge in [-0.25, -0.2) is 0 Å². The van der Waals surface area contributed by atoms with Crippen LogP contribution >= 0.6 is 0 Å². The summed E-state index contributed by atoms with van der Waals surface area (Å²) in [4.78, 5) is 19.3. The fraction of sp³-hybridized carbons (Fsp3) is 0.667. The normalized spacial score (nSPS) is 19.4. The van der Waals surface area contributed by atoms with E-state index in [2.05, 4.69) is 45.8 Å². The quantitative estimate of drug-likeness (QED) is 0.438. The molecule has 1 saturated heterocycles. The second kappa shape index (κ2) is 12.1. The summed E-state index contributed by atoms with van der Waals surface area (Å²) >= 11 is 0. The summed E-state index contributed by atoms with van der Waals surface area (Å²) in [5.41, 5.74) is 1.98. The number of nitrogens with one attached hydrogen (secondary N) is 3. The molecule has 2 aliphatic rings. The molecule has 3 rings (SSSR count). The van der Waals surface area contributed by atoms with E-state index in [-0.39, 0.29) is 11.8 Å². The van der Waals surface area contributed by atoms with E-state index in [0.717, 1.165) is 75.7 Å². The Bertz CT molecular complexity index is 724. The van der Waals surface area contributed by atoms with Gasteiger partial charge < -0.3 is 20.7 Å². The van der Waals surface area contributed by atoms with E-state index >= 15 is 0 Å². The number of nitrogens with zero attached hydrogens (tertiary/aromatic N) is 2. The fourth-order valence-corrected chi connectivity index (χ4v) is 4.49. The lowest BCUT2D eigenvalue weighted by Crippen LogP contribution is -2.52. The molecule has 1 aliphatic carbocycles. The van der Waals surface area contributed by atoms with Crippen LogP contribution in [-0.4, -0.2) is 62.7 Å². The van der Waals surface area contributed by atoms with Gasteiger partial charge in [-0.2, -0.15) is 0 Å². The zero-order chi connectivity index (χ0) is 22.1. The first-order valence-corrected chi connectivity index (χ1v) is 11.7. The van der Waals surface area contributed by atoms with Gasteiger partial charge in [-0.3, -0.25) is 14.7 Å². The van der Waals surface area contributed by atoms with Crippen molar-refractivity contribution in [2.75, 3.05) is 45.2 Å². The second-order valence-corrected chi connectivity index (χ2v) is 8.94. The molecule has 1 aliphatic heterocycles. The summed E-state index contributed by atoms with van der Waals surface area (Å²) in [6, 6.07) is 8.49. The second-order valence-electron chi connectivity index (χ2n) is 8.94. The molecule has 1 atom stereocenters. The Labute approximate surface area is 187 Å². The number of benzene rings is 1. The smallest absolute Gasteiger partial charge is 0.227 e. The van der Waals surface area contributed by atoms with Crippen LogP contribution in [0.2, 0.25) is 0 Å². The van der Waals surface area contributed by atoms with E-state index in [0.29, 0.717) is 18.5 Å². The number of amides is 1. The summed E-state index contributed by atoms with van der Waals surface area (Å²) < 4.78 is 5.50. The highest BCUT2D eigenvalue weighted by Crippen LogP contribution is 2.26. The molecule has 172 valence electrons. The summed E-state index contributed by atoms with van der Waals surface area (Å²) in [7, 11) is 1.80. The Morgan fingerprint density at radius 3 is 2.61 bits per heavy atom. The highest BCUT2D eigenvalue weighted by Gasteiger charge is 2.24. The minimum atomic E-state index is 0.155. The first-order chi connectivity index (χ1) is 15.1. The number of hydrogen-bond acceptors (Lipinski definition) is 4. The molecule has 0 spiro atoms. The Kier molecular flexibility index (Phi) is 9.15. The van der Waals surface area contributed by atoms with Gasteiger partial charge >= 0.3 is 0 Å². The number of guanidine groups is 1. The number of ether oxygens (including phenoxy) is 1. The van der Waals surface area contributed by atoms with Crippen LogP contribution in [0.3, 0.4) is 0 Å². The maximum atomic E-state index is 12.4. The van der Waals surface area contributed by atoms with Crippen LogP contribution in [0.25, 0.3) is 0 Å². The monoisotopic (exact) mass is 429 g/mol. The van der Waals surface area contributed by atoms with Gasteiger partial charge in [0, 0.05) is 50.9 Å². The van der Waals surface area contributed by atoms with Gasteiger partial charge in [-0.1, -0.05) is 38.8 Å². The topological polar surface area (TPSA) is 78.0 Å². The summed E-state index contributed by atoms with van der Waals surface area (Å²) in [5, 5.41) is 9.98. The first-order valence-electron chi connectivity index (χ1n) is 11.7. The largest absolute Gasteiger partial charge is 0.379 e. The molecule has 0 aromatic heterocycles. The minimum Gasteiger partial charge on any atom is -0.379 e. The van der Waals surface area contributed by atoms with Crippen LogP contribution in [0.15, 0.2) is 29.3 Å². The maximum Gasteiger partial charge on any atom is 0.227 e. The maximum absolute atomic E-state index is 12.4. The number of carbonyl (C=O) groups is 1. The summed E-state index contributed by atoms with van der Waals surface area (Å²) in [6.07, 6.45) is 4.35. The molecule has 1 aromatic rings. The predicted octanol–water partition coefficient (Wildman–Crippen LogP) is 2.84. The number of morpholine rings is 1. The molecule has 1 unspecified atom stereocenters. The Hall–Kier alpha value is -2.12. The highest BCUT2D eigenvalue weighted by atomic mass is 16.5. The van der Waals surface area contributed by atoms with Gasteiger partial charge in [0.2, 0.25) is 5.91 Å². The van der Waals surface area contributed by atoms with Crippen LogP contribution in [0.1, 0.15) is 45.1 Å². The third-order valence-electron chi connectivity index (χ3n) is 6.37. The highest BCUT2D eigenvalue weighted by molar-refractivity contribution is 5.92. The zero-order valence-electron chi connectivity index (χ0n) is 19.3. The van der Waals surface area contributed by atoms with Crippen molar-refractivity contribution in [2.24, 2.45) is 16.8 Å². The molecule has 0 bridgehead atoms. The molecule has 1 amide bonds. The lowest BCUT2D eigenvalue weighted by atomic mass is 10.0. The van der Waals surface area contributed by atoms with Crippen LogP contribution in [0.5, 0.6) is 0 Å². The van der Waals surface area contributed by atoms with Crippen LogP contribution in [-0.2, 0) is 16.1 Å². The molecule has 2 fully saturated rings. The molecular formula is C24H39N5O2. The van der Waals surface area contributed by atoms with Gasteiger partial charge in [0.1, 0.15) is 0 Å². The van der Waals surface area contributed by atoms with Gasteiger partial charge in [0.05, 0.1) is 13.2 Å². The van der Waals surface area contributed by atoms with Crippen molar-refractivity contribution >= 4 is 17.6 Å². The standard InChI is InChI=1S/C24H39N5O2/c1-18(2)22(29-11-13-31-14-12-29)17-27-24(25-3)26-16-19-7-6-10-21(15-19)28-23(30)20-8-4-5-9-20/h6-7,10,15,18,20,22H,4-5,8-9,11-14,16-17H2,1-3H3,(H,28,30)(H2,25,26,27). The summed E-state index contributed by atoms with van der Waals surface area (Å²) in [6.45, 7) is 9.61. The third kappa shape index (κ3) is 7.21.